The number of amides is 2. The minimum atomic E-state index is -0.467. The van der Waals surface area contributed by atoms with Crippen LogP contribution in [-0.4, -0.2) is 24.4 Å². The number of rotatable bonds is 5. The van der Waals surface area contributed by atoms with Gasteiger partial charge in [0.25, 0.3) is 0 Å². The Labute approximate surface area is 143 Å². The Morgan fingerprint density at radius 3 is 2.75 bits per heavy atom. The number of carbonyl (C=O) groups excluding carboxylic acids is 2. The summed E-state index contributed by atoms with van der Waals surface area (Å²) in [4.78, 5) is 26.0. The van der Waals surface area contributed by atoms with Crippen LogP contribution >= 0.6 is 0 Å². The fourth-order valence-electron chi connectivity index (χ4n) is 3.80. The van der Waals surface area contributed by atoms with Gasteiger partial charge >= 0.3 is 0 Å². The molecule has 1 heterocycles. The van der Waals surface area contributed by atoms with E-state index in [9.17, 15) is 9.59 Å². The first-order valence-corrected chi connectivity index (χ1v) is 9.10. The van der Waals surface area contributed by atoms with E-state index in [-0.39, 0.29) is 11.8 Å². The van der Waals surface area contributed by atoms with Gasteiger partial charge in [0.15, 0.2) is 0 Å². The Hall–Kier alpha value is -1.88. The molecular weight excluding hydrogens is 302 g/mol. The maximum atomic E-state index is 12.4. The summed E-state index contributed by atoms with van der Waals surface area (Å²) in [6, 6.07) is 7.00. The van der Waals surface area contributed by atoms with Crippen LogP contribution in [0.2, 0.25) is 0 Å². The van der Waals surface area contributed by atoms with Crippen LogP contribution in [0.3, 0.4) is 0 Å². The molecule has 2 fully saturated rings. The highest BCUT2D eigenvalue weighted by Crippen LogP contribution is 2.28. The van der Waals surface area contributed by atoms with Gasteiger partial charge < -0.3 is 16.0 Å². The minimum Gasteiger partial charge on any atom is -0.325 e. The van der Waals surface area contributed by atoms with Gasteiger partial charge in [-0.3, -0.25) is 9.59 Å². The van der Waals surface area contributed by atoms with Gasteiger partial charge in [-0.05, 0) is 37.0 Å². The van der Waals surface area contributed by atoms with E-state index in [0.29, 0.717) is 18.0 Å². The van der Waals surface area contributed by atoms with Crippen molar-refractivity contribution in [2.45, 2.75) is 57.4 Å². The Bertz CT molecular complexity index is 596. The van der Waals surface area contributed by atoms with Crippen LogP contribution < -0.4 is 16.0 Å². The molecule has 2 amide bonds. The molecule has 0 bridgehead atoms. The van der Waals surface area contributed by atoms with E-state index in [1.165, 1.54) is 32.1 Å². The third-order valence-corrected chi connectivity index (χ3v) is 5.15. The summed E-state index contributed by atoms with van der Waals surface area (Å²) in [6.45, 7) is 0.747. The first kappa shape index (κ1) is 17.0. The highest BCUT2D eigenvalue weighted by molar-refractivity contribution is 5.98. The molecule has 0 radical (unpaired) electrons. The van der Waals surface area contributed by atoms with E-state index in [0.717, 1.165) is 25.1 Å². The molecule has 1 aromatic rings. The SMILES string of the molecule is NC(CC1CCCCC1)C(=O)Nc1cccc(N2CCCC2=O)c1. The average molecular weight is 329 g/mol. The van der Waals surface area contributed by atoms with Crippen molar-refractivity contribution >= 4 is 23.2 Å². The molecule has 1 aliphatic carbocycles. The van der Waals surface area contributed by atoms with E-state index in [4.69, 9.17) is 5.73 Å². The molecule has 130 valence electrons. The van der Waals surface area contributed by atoms with Crippen LogP contribution in [0.25, 0.3) is 0 Å². The Morgan fingerprint density at radius 2 is 2.04 bits per heavy atom. The summed E-state index contributed by atoms with van der Waals surface area (Å²) in [5.74, 6) is 0.589. The summed E-state index contributed by atoms with van der Waals surface area (Å²) < 4.78 is 0. The summed E-state index contributed by atoms with van der Waals surface area (Å²) in [5.41, 5.74) is 7.65. The van der Waals surface area contributed by atoms with Crippen molar-refractivity contribution in [3.63, 3.8) is 0 Å². The van der Waals surface area contributed by atoms with Gasteiger partial charge in [-0.1, -0.05) is 38.2 Å². The lowest BCUT2D eigenvalue weighted by molar-refractivity contribution is -0.118. The lowest BCUT2D eigenvalue weighted by Gasteiger charge is -2.24. The Balaban J connectivity index is 1.58. The predicted molar refractivity (Wildman–Crippen MR) is 95.8 cm³/mol. The highest BCUT2D eigenvalue weighted by Gasteiger charge is 2.23. The molecule has 0 spiro atoms. The molecular formula is C19H27N3O2. The minimum absolute atomic E-state index is 0.134. The Kier molecular flexibility index (Phi) is 5.51. The van der Waals surface area contributed by atoms with Crippen molar-refractivity contribution in [2.24, 2.45) is 11.7 Å². The smallest absolute Gasteiger partial charge is 0.241 e. The highest BCUT2D eigenvalue weighted by atomic mass is 16.2. The molecule has 2 aliphatic rings. The third-order valence-electron chi connectivity index (χ3n) is 5.15. The van der Waals surface area contributed by atoms with E-state index in [2.05, 4.69) is 5.32 Å². The quantitative estimate of drug-likeness (QED) is 0.872. The van der Waals surface area contributed by atoms with E-state index in [1.807, 2.05) is 24.3 Å². The van der Waals surface area contributed by atoms with Crippen molar-refractivity contribution in [1.29, 1.82) is 0 Å². The van der Waals surface area contributed by atoms with Gasteiger partial charge in [-0.25, -0.2) is 0 Å². The molecule has 1 aliphatic heterocycles. The normalized spacial score (nSPS) is 20.2. The molecule has 1 saturated carbocycles. The largest absolute Gasteiger partial charge is 0.325 e. The fraction of sp³-hybridized carbons (Fsp3) is 0.579. The molecule has 0 aromatic heterocycles. The molecule has 1 saturated heterocycles. The number of nitrogens with one attached hydrogen (secondary N) is 1. The Morgan fingerprint density at radius 1 is 1.25 bits per heavy atom. The van der Waals surface area contributed by atoms with Gasteiger partial charge in [-0.2, -0.15) is 0 Å². The number of anilines is 2. The topological polar surface area (TPSA) is 75.4 Å². The van der Waals surface area contributed by atoms with Crippen LogP contribution in [0.1, 0.15) is 51.4 Å². The second kappa shape index (κ2) is 7.79. The van der Waals surface area contributed by atoms with Crippen LogP contribution in [0.4, 0.5) is 11.4 Å². The number of nitrogens with two attached hydrogens (primary N) is 1. The van der Waals surface area contributed by atoms with E-state index < -0.39 is 6.04 Å². The van der Waals surface area contributed by atoms with Gasteiger partial charge in [0.1, 0.15) is 0 Å². The number of carbonyl (C=O) groups is 2. The second-order valence-corrected chi connectivity index (χ2v) is 7.03. The molecule has 1 unspecified atom stereocenters. The van der Waals surface area contributed by atoms with Crippen LogP contribution in [-0.2, 0) is 9.59 Å². The number of hydrogen-bond acceptors (Lipinski definition) is 3. The van der Waals surface area contributed by atoms with Crippen LogP contribution in [0.15, 0.2) is 24.3 Å². The molecule has 3 N–H and O–H groups in total. The molecule has 1 aromatic carbocycles. The number of benzene rings is 1. The van der Waals surface area contributed by atoms with Gasteiger partial charge in [0.05, 0.1) is 6.04 Å². The molecule has 24 heavy (non-hydrogen) atoms. The van der Waals surface area contributed by atoms with Crippen molar-refractivity contribution in [3.8, 4) is 0 Å². The standard InChI is InChI=1S/C19H27N3O2/c20-17(12-14-6-2-1-3-7-14)19(24)21-15-8-4-9-16(13-15)22-11-5-10-18(22)23/h4,8-9,13-14,17H,1-3,5-7,10-12,20H2,(H,21,24). The van der Waals surface area contributed by atoms with Gasteiger partial charge in [0.2, 0.25) is 11.8 Å². The summed E-state index contributed by atoms with van der Waals surface area (Å²) in [7, 11) is 0. The first-order valence-electron chi connectivity index (χ1n) is 9.10. The lowest BCUT2D eigenvalue weighted by atomic mass is 9.85. The van der Waals surface area contributed by atoms with E-state index in [1.54, 1.807) is 4.90 Å². The summed E-state index contributed by atoms with van der Waals surface area (Å²) >= 11 is 0. The van der Waals surface area contributed by atoms with Crippen molar-refractivity contribution in [3.05, 3.63) is 24.3 Å². The molecule has 5 heteroatoms. The van der Waals surface area contributed by atoms with Crippen LogP contribution in [0, 0.1) is 5.92 Å². The van der Waals surface area contributed by atoms with E-state index >= 15 is 0 Å². The zero-order chi connectivity index (χ0) is 16.9. The first-order chi connectivity index (χ1) is 11.6. The monoisotopic (exact) mass is 329 g/mol. The third kappa shape index (κ3) is 4.15. The summed E-state index contributed by atoms with van der Waals surface area (Å²) in [6.07, 6.45) is 8.44. The van der Waals surface area contributed by atoms with Crippen molar-refractivity contribution < 1.29 is 9.59 Å². The predicted octanol–water partition coefficient (Wildman–Crippen LogP) is 3.05. The van der Waals surface area contributed by atoms with Crippen molar-refractivity contribution in [1.82, 2.24) is 0 Å². The lowest BCUT2D eigenvalue weighted by Crippen LogP contribution is -2.37. The van der Waals surface area contributed by atoms with Gasteiger partial charge in [-0.15, -0.1) is 0 Å². The number of hydrogen-bond donors (Lipinski definition) is 2. The second-order valence-electron chi connectivity index (χ2n) is 7.03. The average Bonchev–Trinajstić information content (AvgIpc) is 3.02. The van der Waals surface area contributed by atoms with Gasteiger partial charge in [0, 0.05) is 24.3 Å². The van der Waals surface area contributed by atoms with Crippen LogP contribution in [0.5, 0.6) is 0 Å². The molecule has 1 atom stereocenters. The number of nitrogens with zero attached hydrogens (tertiary/aromatic N) is 1. The maximum Gasteiger partial charge on any atom is 0.241 e. The molecule has 5 nitrogen and oxygen atoms in total. The zero-order valence-corrected chi connectivity index (χ0v) is 14.2. The molecule has 3 rings (SSSR count). The fourth-order valence-corrected chi connectivity index (χ4v) is 3.80. The summed E-state index contributed by atoms with van der Waals surface area (Å²) in [5, 5.41) is 2.91. The maximum absolute atomic E-state index is 12.4. The van der Waals surface area contributed by atoms with Crippen molar-refractivity contribution in [2.75, 3.05) is 16.8 Å². The zero-order valence-electron chi connectivity index (χ0n) is 14.2.